The van der Waals surface area contributed by atoms with Gasteiger partial charge in [0.05, 0.1) is 10.7 Å². The summed E-state index contributed by atoms with van der Waals surface area (Å²) in [5, 5.41) is 10.1. The highest BCUT2D eigenvalue weighted by Gasteiger charge is 2.05. The number of halogens is 3. The van der Waals surface area contributed by atoms with Gasteiger partial charge in [0.15, 0.2) is 0 Å². The Kier molecular flexibility index (Phi) is 4.43. The lowest BCUT2D eigenvalue weighted by molar-refractivity contribution is 0.474. The van der Waals surface area contributed by atoms with Crippen molar-refractivity contribution in [2.24, 2.45) is 4.99 Å². The van der Waals surface area contributed by atoms with E-state index in [1.807, 2.05) is 24.3 Å². The number of hydrogen-bond donors (Lipinski definition) is 1. The number of benzene rings is 2. The third kappa shape index (κ3) is 3.34. The number of nitrogens with zero attached hydrogens (tertiary/aromatic N) is 1. The van der Waals surface area contributed by atoms with Crippen molar-refractivity contribution in [1.82, 2.24) is 0 Å². The van der Waals surface area contributed by atoms with E-state index in [0.717, 1.165) is 14.6 Å². The average Bonchev–Trinajstić information content (AvgIpc) is 2.34. The zero-order valence-electron chi connectivity index (χ0n) is 9.07. The zero-order chi connectivity index (χ0) is 13.1. The minimum absolute atomic E-state index is 0.0285. The van der Waals surface area contributed by atoms with E-state index in [1.165, 1.54) is 0 Å². The third-order valence-corrected chi connectivity index (χ3v) is 3.51. The molecule has 2 nitrogen and oxygen atoms in total. The van der Waals surface area contributed by atoms with Gasteiger partial charge < -0.3 is 5.11 Å². The van der Waals surface area contributed by atoms with Crippen molar-refractivity contribution in [3.05, 3.63) is 55.9 Å². The van der Waals surface area contributed by atoms with Gasteiger partial charge in [-0.3, -0.25) is 4.99 Å². The lowest BCUT2D eigenvalue weighted by Gasteiger charge is -2.02. The summed E-state index contributed by atoms with van der Waals surface area (Å²) in [4.78, 5) is 4.28. The first kappa shape index (κ1) is 13.6. The number of rotatable bonds is 2. The number of hydrogen-bond acceptors (Lipinski definition) is 2. The molecule has 1 N–H and O–H groups in total. The fourth-order valence-electron chi connectivity index (χ4n) is 1.36. The van der Waals surface area contributed by atoms with Crippen molar-refractivity contribution in [1.29, 1.82) is 0 Å². The van der Waals surface area contributed by atoms with Gasteiger partial charge in [-0.1, -0.05) is 43.5 Å². The van der Waals surface area contributed by atoms with E-state index in [2.05, 4.69) is 36.9 Å². The van der Waals surface area contributed by atoms with Crippen LogP contribution in [0.3, 0.4) is 0 Å². The lowest BCUT2D eigenvalue weighted by atomic mass is 10.2. The van der Waals surface area contributed by atoms with Crippen LogP contribution >= 0.6 is 43.5 Å². The predicted molar refractivity (Wildman–Crippen MR) is 82.2 cm³/mol. The molecule has 0 saturated carbocycles. The molecule has 0 aliphatic carbocycles. The molecule has 0 aromatic heterocycles. The van der Waals surface area contributed by atoms with Crippen molar-refractivity contribution in [2.45, 2.75) is 0 Å². The minimum atomic E-state index is 0.0285. The summed E-state index contributed by atoms with van der Waals surface area (Å²) in [7, 11) is 0. The second-order valence-corrected chi connectivity index (χ2v) is 5.80. The van der Waals surface area contributed by atoms with E-state index in [0.29, 0.717) is 10.6 Å². The van der Waals surface area contributed by atoms with Gasteiger partial charge in [-0.15, -0.1) is 0 Å². The van der Waals surface area contributed by atoms with Crippen molar-refractivity contribution in [3.8, 4) is 5.75 Å². The van der Waals surface area contributed by atoms with Crippen molar-refractivity contribution >= 4 is 55.4 Å². The summed E-state index contributed by atoms with van der Waals surface area (Å²) in [6.07, 6.45) is 1.58. The Balaban J connectivity index is 2.31. The van der Waals surface area contributed by atoms with Crippen molar-refractivity contribution in [2.75, 3.05) is 0 Å². The molecule has 0 spiro atoms. The molecule has 0 aliphatic rings. The first-order valence-corrected chi connectivity index (χ1v) is 7.00. The average molecular weight is 389 g/mol. The Bertz CT molecular complexity index is 597. The molecule has 0 saturated heterocycles. The van der Waals surface area contributed by atoms with Gasteiger partial charge in [0, 0.05) is 20.7 Å². The van der Waals surface area contributed by atoms with Crippen LogP contribution in [0, 0.1) is 0 Å². The first-order chi connectivity index (χ1) is 8.56. The molecule has 0 unspecified atom stereocenters. The van der Waals surface area contributed by atoms with E-state index >= 15 is 0 Å². The highest BCUT2D eigenvalue weighted by Crippen LogP contribution is 2.30. The Labute approximate surface area is 127 Å². The van der Waals surface area contributed by atoms with Crippen LogP contribution in [-0.4, -0.2) is 11.3 Å². The molecule has 18 heavy (non-hydrogen) atoms. The van der Waals surface area contributed by atoms with Crippen LogP contribution < -0.4 is 0 Å². The maximum atomic E-state index is 9.79. The molecule has 0 fully saturated rings. The van der Waals surface area contributed by atoms with Crippen molar-refractivity contribution in [3.63, 3.8) is 0 Å². The minimum Gasteiger partial charge on any atom is -0.506 e. The molecule has 92 valence electrons. The van der Waals surface area contributed by atoms with Crippen LogP contribution in [0.15, 0.2) is 50.3 Å². The number of aromatic hydroxyl groups is 1. The maximum Gasteiger partial charge on any atom is 0.143 e. The number of phenols is 1. The van der Waals surface area contributed by atoms with Gasteiger partial charge in [0.25, 0.3) is 0 Å². The molecule has 2 rings (SSSR count). The highest BCUT2D eigenvalue weighted by atomic mass is 79.9. The molecule has 0 atom stereocenters. The molecule has 0 heterocycles. The monoisotopic (exact) mass is 387 g/mol. The summed E-state index contributed by atoms with van der Waals surface area (Å²) in [5.41, 5.74) is 1.37. The largest absolute Gasteiger partial charge is 0.506 e. The third-order valence-electron chi connectivity index (χ3n) is 2.24. The number of aliphatic imine (C=N–C) groups is 1. The second kappa shape index (κ2) is 5.87. The summed E-state index contributed by atoms with van der Waals surface area (Å²) in [5.74, 6) is 0.0285. The van der Waals surface area contributed by atoms with Crippen LogP contribution in [0.5, 0.6) is 5.75 Å². The molecule has 0 bridgehead atoms. The molecule has 0 amide bonds. The summed E-state index contributed by atoms with van der Waals surface area (Å²) in [6, 6.07) is 10.9. The molecule has 0 radical (unpaired) electrons. The van der Waals surface area contributed by atoms with Crippen molar-refractivity contribution < 1.29 is 5.11 Å². The lowest BCUT2D eigenvalue weighted by Crippen LogP contribution is -1.84. The molecular weight excluding hydrogens is 381 g/mol. The predicted octanol–water partition coefficient (Wildman–Crippen LogP) is 5.32. The maximum absolute atomic E-state index is 9.79. The number of phenolic OH excluding ortho intramolecular Hbond substituents is 1. The molecule has 2 aromatic carbocycles. The van der Waals surface area contributed by atoms with Gasteiger partial charge in [-0.05, 0) is 36.4 Å². The van der Waals surface area contributed by atoms with Crippen LogP contribution in [0.1, 0.15) is 5.56 Å². The van der Waals surface area contributed by atoms with E-state index in [9.17, 15) is 5.11 Å². The SMILES string of the molecule is Oc1c(Cl)cc(Br)cc1C=Nc1ccc(Br)cc1. The fraction of sp³-hybridized carbons (Fsp3) is 0. The van der Waals surface area contributed by atoms with E-state index in [4.69, 9.17) is 11.6 Å². The highest BCUT2D eigenvalue weighted by molar-refractivity contribution is 9.10. The van der Waals surface area contributed by atoms with E-state index < -0.39 is 0 Å². The second-order valence-electron chi connectivity index (χ2n) is 3.56. The van der Waals surface area contributed by atoms with E-state index in [-0.39, 0.29) is 5.75 Å². The van der Waals surface area contributed by atoms with Gasteiger partial charge >= 0.3 is 0 Å². The molecule has 5 heteroatoms. The van der Waals surface area contributed by atoms with Gasteiger partial charge in [0.1, 0.15) is 5.75 Å². The summed E-state index contributed by atoms with van der Waals surface area (Å²) < 4.78 is 1.79. The van der Waals surface area contributed by atoms with Gasteiger partial charge in [0.2, 0.25) is 0 Å². The van der Waals surface area contributed by atoms with Gasteiger partial charge in [-0.25, -0.2) is 0 Å². The Morgan fingerprint density at radius 3 is 2.39 bits per heavy atom. The summed E-state index contributed by atoms with van der Waals surface area (Å²) >= 11 is 12.5. The molecule has 2 aromatic rings. The summed E-state index contributed by atoms with van der Waals surface area (Å²) in [6.45, 7) is 0. The first-order valence-electron chi connectivity index (χ1n) is 5.04. The van der Waals surface area contributed by atoms with Gasteiger partial charge in [-0.2, -0.15) is 0 Å². The van der Waals surface area contributed by atoms with E-state index in [1.54, 1.807) is 18.3 Å². The zero-order valence-corrected chi connectivity index (χ0v) is 13.0. The molecular formula is C13H8Br2ClNO. The molecule has 0 aliphatic heterocycles. The Hall–Kier alpha value is -0.840. The standard InChI is InChI=1S/C13H8Br2ClNO/c14-9-1-3-11(4-2-9)17-7-8-5-10(15)6-12(16)13(8)18/h1-7,18H. The smallest absolute Gasteiger partial charge is 0.143 e. The van der Waals surface area contributed by atoms with Crippen LogP contribution in [0.2, 0.25) is 5.02 Å². The van der Waals surface area contributed by atoms with Crippen LogP contribution in [0.25, 0.3) is 0 Å². The van der Waals surface area contributed by atoms with Crippen LogP contribution in [0.4, 0.5) is 5.69 Å². The quantitative estimate of drug-likeness (QED) is 0.693. The Morgan fingerprint density at radius 1 is 1.06 bits per heavy atom. The topological polar surface area (TPSA) is 32.6 Å². The van der Waals surface area contributed by atoms with Crippen LogP contribution in [-0.2, 0) is 0 Å². The normalized spacial score (nSPS) is 11.1. The Morgan fingerprint density at radius 2 is 1.72 bits per heavy atom. The fourth-order valence-corrected chi connectivity index (χ4v) is 2.45.